The van der Waals surface area contributed by atoms with Crippen LogP contribution < -0.4 is 4.90 Å². The first-order chi connectivity index (χ1) is 11.2. The lowest BCUT2D eigenvalue weighted by Gasteiger charge is -2.29. The van der Waals surface area contributed by atoms with Gasteiger partial charge in [-0.25, -0.2) is 14.6 Å². The van der Waals surface area contributed by atoms with Crippen LogP contribution in [0, 0.1) is 0 Å². The van der Waals surface area contributed by atoms with Gasteiger partial charge in [0.15, 0.2) is 5.82 Å². The topological polar surface area (TPSA) is 68.7 Å². The van der Waals surface area contributed by atoms with Crippen LogP contribution >= 0.6 is 15.9 Å². The molecule has 138 valence electrons. The number of anilines is 1. The number of allylic oxidation sites excluding steroid dienone is 1. The first-order valence-electron chi connectivity index (χ1n) is 7.79. The molecule has 1 aromatic rings. The van der Waals surface area contributed by atoms with E-state index >= 15 is 0 Å². The van der Waals surface area contributed by atoms with Crippen LogP contribution in [0.15, 0.2) is 23.3 Å². The highest BCUT2D eigenvalue weighted by atomic mass is 79.9. The Labute approximate surface area is 157 Å². The average molecular weight is 413 g/mol. The highest BCUT2D eigenvalue weighted by molar-refractivity contribution is 9.10. The maximum absolute atomic E-state index is 12.7. The molecule has 0 fully saturated rings. The third kappa shape index (κ3) is 6.49. The van der Waals surface area contributed by atoms with Gasteiger partial charge in [-0.15, -0.1) is 0 Å². The summed E-state index contributed by atoms with van der Waals surface area (Å²) in [5.74, 6) is 0.110. The quantitative estimate of drug-likeness (QED) is 0.636. The zero-order valence-electron chi connectivity index (χ0n) is 15.8. The van der Waals surface area contributed by atoms with E-state index in [2.05, 4.69) is 27.5 Å². The van der Waals surface area contributed by atoms with Crippen LogP contribution in [0.2, 0.25) is 0 Å². The van der Waals surface area contributed by atoms with Crippen molar-refractivity contribution in [3.8, 4) is 0 Å². The number of hydrogen-bond donors (Lipinski definition) is 0. The van der Waals surface area contributed by atoms with Gasteiger partial charge < -0.3 is 9.47 Å². The predicted octanol–water partition coefficient (Wildman–Crippen LogP) is 5.55. The van der Waals surface area contributed by atoms with Crippen LogP contribution in [-0.4, -0.2) is 28.4 Å². The summed E-state index contributed by atoms with van der Waals surface area (Å²) in [6.07, 6.45) is -0.234. The molecular weight excluding hydrogens is 388 g/mol. The van der Waals surface area contributed by atoms with Crippen molar-refractivity contribution in [1.82, 2.24) is 4.98 Å². The van der Waals surface area contributed by atoms with E-state index in [0.29, 0.717) is 15.6 Å². The molecule has 7 heteroatoms. The number of imide groups is 1. The number of amides is 2. The van der Waals surface area contributed by atoms with E-state index in [1.165, 1.54) is 6.20 Å². The van der Waals surface area contributed by atoms with E-state index in [-0.39, 0.29) is 5.82 Å². The number of aromatic nitrogens is 1. The minimum absolute atomic E-state index is 0.110. The third-order valence-corrected chi connectivity index (χ3v) is 3.09. The van der Waals surface area contributed by atoms with Gasteiger partial charge in [0.2, 0.25) is 0 Å². The third-order valence-electron chi connectivity index (χ3n) is 2.66. The van der Waals surface area contributed by atoms with Crippen LogP contribution in [0.3, 0.4) is 0 Å². The lowest BCUT2D eigenvalue weighted by Crippen LogP contribution is -2.44. The monoisotopic (exact) mass is 412 g/mol. The number of rotatable bonds is 2. The number of carbonyl (C=O) groups is 2. The molecule has 0 atom stereocenters. The van der Waals surface area contributed by atoms with Gasteiger partial charge in [-0.3, -0.25) is 0 Å². The SMILES string of the molecule is C=C(C)c1cc(Br)cnc1N(C(=O)OC(C)(C)C)C(=O)OC(C)(C)C. The molecule has 1 heterocycles. The minimum atomic E-state index is -0.862. The Bertz CT molecular complexity index is 659. The number of pyridine rings is 1. The summed E-state index contributed by atoms with van der Waals surface area (Å²) in [5, 5.41) is 0. The fourth-order valence-corrected chi connectivity index (χ4v) is 2.12. The number of ether oxygens (including phenoxy) is 2. The van der Waals surface area contributed by atoms with Crippen molar-refractivity contribution in [1.29, 1.82) is 0 Å². The van der Waals surface area contributed by atoms with Crippen LogP contribution in [0.4, 0.5) is 15.4 Å². The smallest absolute Gasteiger partial charge is 0.425 e. The maximum Gasteiger partial charge on any atom is 0.425 e. The molecule has 0 bridgehead atoms. The first-order valence-corrected chi connectivity index (χ1v) is 8.58. The van der Waals surface area contributed by atoms with Crippen molar-refractivity contribution in [2.45, 2.75) is 59.7 Å². The summed E-state index contributed by atoms with van der Waals surface area (Å²) >= 11 is 3.33. The second-order valence-corrected chi connectivity index (χ2v) is 8.52. The van der Waals surface area contributed by atoms with E-state index in [1.807, 2.05) is 0 Å². The first kappa shape index (κ1) is 21.2. The van der Waals surface area contributed by atoms with Crippen LogP contribution in [0.25, 0.3) is 5.57 Å². The van der Waals surface area contributed by atoms with E-state index in [1.54, 1.807) is 54.5 Å². The Kier molecular flexibility index (Phi) is 6.39. The molecule has 0 aliphatic carbocycles. The van der Waals surface area contributed by atoms with Crippen molar-refractivity contribution in [2.75, 3.05) is 4.90 Å². The summed E-state index contributed by atoms with van der Waals surface area (Å²) in [4.78, 5) is 30.4. The summed E-state index contributed by atoms with van der Waals surface area (Å²) < 4.78 is 11.4. The van der Waals surface area contributed by atoms with E-state index in [4.69, 9.17) is 9.47 Å². The van der Waals surface area contributed by atoms with Crippen LogP contribution in [0.5, 0.6) is 0 Å². The van der Waals surface area contributed by atoms with Gasteiger partial charge in [0.25, 0.3) is 0 Å². The highest BCUT2D eigenvalue weighted by Crippen LogP contribution is 2.29. The van der Waals surface area contributed by atoms with Crippen LogP contribution in [-0.2, 0) is 9.47 Å². The van der Waals surface area contributed by atoms with Gasteiger partial charge in [0, 0.05) is 16.2 Å². The van der Waals surface area contributed by atoms with Crippen molar-refractivity contribution < 1.29 is 19.1 Å². The normalized spacial score (nSPS) is 11.7. The molecule has 1 rings (SSSR count). The molecule has 0 aliphatic heterocycles. The summed E-state index contributed by atoms with van der Waals surface area (Å²) in [7, 11) is 0. The van der Waals surface area contributed by atoms with Gasteiger partial charge >= 0.3 is 12.2 Å². The zero-order valence-corrected chi connectivity index (χ0v) is 17.4. The van der Waals surface area contributed by atoms with E-state index in [9.17, 15) is 9.59 Å². The van der Waals surface area contributed by atoms with E-state index in [0.717, 1.165) is 4.90 Å². The number of halogens is 1. The van der Waals surface area contributed by atoms with Crippen LogP contribution in [0.1, 0.15) is 54.0 Å². The fourth-order valence-electron chi connectivity index (χ4n) is 1.79. The Morgan fingerprint density at radius 2 is 1.52 bits per heavy atom. The molecule has 2 amide bonds. The molecule has 0 radical (unpaired) electrons. The van der Waals surface area contributed by atoms with Crippen molar-refractivity contribution in [3.05, 3.63) is 28.9 Å². The second-order valence-electron chi connectivity index (χ2n) is 7.60. The number of nitrogens with zero attached hydrogens (tertiary/aromatic N) is 2. The summed E-state index contributed by atoms with van der Waals surface area (Å²) in [6.45, 7) is 15.9. The molecule has 0 saturated carbocycles. The average Bonchev–Trinajstić information content (AvgIpc) is 2.36. The van der Waals surface area contributed by atoms with Gasteiger partial charge in [-0.1, -0.05) is 6.58 Å². The lowest BCUT2D eigenvalue weighted by molar-refractivity contribution is 0.0429. The summed E-state index contributed by atoms with van der Waals surface area (Å²) in [6, 6.07) is 1.73. The van der Waals surface area contributed by atoms with Gasteiger partial charge in [-0.2, -0.15) is 4.90 Å². The van der Waals surface area contributed by atoms with Gasteiger partial charge in [-0.05, 0) is 76.0 Å². The molecule has 6 nitrogen and oxygen atoms in total. The molecule has 25 heavy (non-hydrogen) atoms. The van der Waals surface area contributed by atoms with E-state index < -0.39 is 23.4 Å². The minimum Gasteiger partial charge on any atom is -0.443 e. The standard InChI is InChI=1S/C18H25BrN2O4/c1-11(2)13-9-12(19)10-20-14(13)21(15(22)24-17(3,4)5)16(23)25-18(6,7)8/h9-10H,1H2,2-8H3. The molecule has 0 spiro atoms. The molecule has 0 unspecified atom stereocenters. The highest BCUT2D eigenvalue weighted by Gasteiger charge is 2.35. The number of hydrogen-bond acceptors (Lipinski definition) is 5. The molecule has 1 aromatic heterocycles. The van der Waals surface area contributed by atoms with Crippen molar-refractivity contribution in [2.24, 2.45) is 0 Å². The number of carbonyl (C=O) groups excluding carboxylic acids is 2. The Hall–Kier alpha value is -1.89. The Morgan fingerprint density at radius 3 is 1.88 bits per heavy atom. The Morgan fingerprint density at radius 1 is 1.08 bits per heavy atom. The molecule has 0 aromatic carbocycles. The molecule has 0 aliphatic rings. The molecule has 0 saturated heterocycles. The second kappa shape index (κ2) is 7.56. The molecule has 0 N–H and O–H groups in total. The lowest BCUT2D eigenvalue weighted by atomic mass is 10.1. The molecular formula is C18H25BrN2O4. The Balaban J connectivity index is 3.44. The van der Waals surface area contributed by atoms with Crippen molar-refractivity contribution >= 4 is 39.5 Å². The summed E-state index contributed by atoms with van der Waals surface area (Å²) in [5.41, 5.74) is -0.390. The maximum atomic E-state index is 12.7. The fraction of sp³-hybridized carbons (Fsp3) is 0.500. The largest absolute Gasteiger partial charge is 0.443 e. The van der Waals surface area contributed by atoms with Crippen molar-refractivity contribution in [3.63, 3.8) is 0 Å². The zero-order chi connectivity index (χ0) is 19.6. The predicted molar refractivity (Wildman–Crippen MR) is 102 cm³/mol. The van der Waals surface area contributed by atoms with Gasteiger partial charge in [0.05, 0.1) is 0 Å². The van der Waals surface area contributed by atoms with Gasteiger partial charge in [0.1, 0.15) is 11.2 Å².